The lowest BCUT2D eigenvalue weighted by Gasteiger charge is -2.28. The smallest absolute Gasteiger partial charge is 0.253 e. The van der Waals surface area contributed by atoms with Crippen LogP contribution in [0.15, 0.2) is 29.2 Å². The number of nitrogens with one attached hydrogen (secondary N) is 2. The zero-order valence-electron chi connectivity index (χ0n) is 15.8. The van der Waals surface area contributed by atoms with Crippen LogP contribution in [-0.4, -0.2) is 29.7 Å². The second kappa shape index (κ2) is 7.19. The molecule has 0 bridgehead atoms. The fourth-order valence-electron chi connectivity index (χ4n) is 3.87. The number of ether oxygens (including phenoxy) is 1. The van der Waals surface area contributed by atoms with Gasteiger partial charge in [0.2, 0.25) is 5.91 Å². The molecule has 0 unspecified atom stereocenters. The SMILES string of the molecule is Cc1cc(-c2cc3c(c(NC4CCOCC4)c2)NC(=O)CC3)cn(C)c1=O. The molecule has 2 aliphatic rings. The number of rotatable bonds is 3. The number of nitrogens with zero attached hydrogens (tertiary/aromatic N) is 1. The van der Waals surface area contributed by atoms with Gasteiger partial charge in [0.1, 0.15) is 0 Å². The Hall–Kier alpha value is -2.60. The number of aryl methyl sites for hydroxylation is 3. The molecule has 27 heavy (non-hydrogen) atoms. The highest BCUT2D eigenvalue weighted by Crippen LogP contribution is 2.36. The molecule has 1 saturated heterocycles. The summed E-state index contributed by atoms with van der Waals surface area (Å²) in [6.45, 7) is 3.35. The normalized spacial score (nSPS) is 17.3. The van der Waals surface area contributed by atoms with Crippen molar-refractivity contribution in [2.24, 2.45) is 7.05 Å². The van der Waals surface area contributed by atoms with Gasteiger partial charge < -0.3 is 19.9 Å². The first-order chi connectivity index (χ1) is 13.0. The number of hydrogen-bond acceptors (Lipinski definition) is 4. The summed E-state index contributed by atoms with van der Waals surface area (Å²) >= 11 is 0. The summed E-state index contributed by atoms with van der Waals surface area (Å²) in [5.41, 5.74) is 5.78. The Balaban J connectivity index is 1.78. The average Bonchev–Trinajstić information content (AvgIpc) is 2.66. The highest BCUT2D eigenvalue weighted by Gasteiger charge is 2.22. The van der Waals surface area contributed by atoms with Crippen molar-refractivity contribution in [2.45, 2.75) is 38.6 Å². The van der Waals surface area contributed by atoms with Crippen molar-refractivity contribution in [2.75, 3.05) is 23.8 Å². The van der Waals surface area contributed by atoms with Crippen LogP contribution in [0.3, 0.4) is 0 Å². The van der Waals surface area contributed by atoms with Gasteiger partial charge >= 0.3 is 0 Å². The van der Waals surface area contributed by atoms with E-state index >= 15 is 0 Å². The molecule has 2 aliphatic heterocycles. The number of carbonyl (C=O) groups excluding carboxylic acids is 1. The van der Waals surface area contributed by atoms with Crippen molar-refractivity contribution in [1.82, 2.24) is 4.57 Å². The lowest BCUT2D eigenvalue weighted by Crippen LogP contribution is -2.29. The predicted octanol–water partition coefficient (Wildman–Crippen LogP) is 2.84. The molecule has 1 amide bonds. The summed E-state index contributed by atoms with van der Waals surface area (Å²) in [5.74, 6) is 0.0585. The molecule has 142 valence electrons. The molecule has 0 aliphatic carbocycles. The molecule has 0 spiro atoms. The maximum Gasteiger partial charge on any atom is 0.253 e. The van der Waals surface area contributed by atoms with E-state index in [9.17, 15) is 9.59 Å². The second-order valence-corrected chi connectivity index (χ2v) is 7.46. The Bertz CT molecular complexity index is 916. The van der Waals surface area contributed by atoms with Gasteiger partial charge in [-0.05, 0) is 61.1 Å². The van der Waals surface area contributed by atoms with Crippen LogP contribution in [-0.2, 0) is 23.0 Å². The number of carbonyl (C=O) groups is 1. The van der Waals surface area contributed by atoms with Crippen LogP contribution in [0.1, 0.15) is 30.4 Å². The number of aromatic nitrogens is 1. The summed E-state index contributed by atoms with van der Waals surface area (Å²) < 4.78 is 7.08. The number of fused-ring (bicyclic) bond motifs is 1. The van der Waals surface area contributed by atoms with E-state index in [1.54, 1.807) is 11.6 Å². The zero-order chi connectivity index (χ0) is 19.0. The minimum atomic E-state index is 0.0181. The van der Waals surface area contributed by atoms with Crippen molar-refractivity contribution in [3.63, 3.8) is 0 Å². The Morgan fingerprint density at radius 3 is 2.63 bits per heavy atom. The van der Waals surface area contributed by atoms with Gasteiger partial charge in [-0.15, -0.1) is 0 Å². The van der Waals surface area contributed by atoms with Crippen LogP contribution in [0.25, 0.3) is 11.1 Å². The molecule has 4 rings (SSSR count). The Kier molecular flexibility index (Phi) is 4.74. The van der Waals surface area contributed by atoms with E-state index < -0.39 is 0 Å². The van der Waals surface area contributed by atoms with E-state index in [2.05, 4.69) is 22.8 Å². The monoisotopic (exact) mass is 367 g/mol. The fourth-order valence-corrected chi connectivity index (χ4v) is 3.87. The Labute approximate surface area is 158 Å². The van der Waals surface area contributed by atoms with E-state index in [4.69, 9.17) is 4.74 Å². The van der Waals surface area contributed by atoms with Crippen LogP contribution in [0.4, 0.5) is 11.4 Å². The quantitative estimate of drug-likeness (QED) is 0.875. The first-order valence-electron chi connectivity index (χ1n) is 9.50. The van der Waals surface area contributed by atoms with Crippen molar-refractivity contribution in [1.29, 1.82) is 0 Å². The molecule has 2 aromatic rings. The maximum atomic E-state index is 12.0. The lowest BCUT2D eigenvalue weighted by molar-refractivity contribution is -0.116. The molecule has 6 heteroatoms. The number of amides is 1. The molecular formula is C21H25N3O3. The third-order valence-electron chi connectivity index (χ3n) is 5.38. The molecule has 0 atom stereocenters. The molecule has 0 saturated carbocycles. The summed E-state index contributed by atoms with van der Waals surface area (Å²) in [4.78, 5) is 24.0. The van der Waals surface area contributed by atoms with E-state index in [1.807, 2.05) is 19.2 Å². The van der Waals surface area contributed by atoms with Gasteiger partial charge in [-0.1, -0.05) is 0 Å². The molecule has 1 fully saturated rings. The predicted molar refractivity (Wildman–Crippen MR) is 106 cm³/mol. The van der Waals surface area contributed by atoms with Gasteiger partial charge in [0, 0.05) is 44.5 Å². The van der Waals surface area contributed by atoms with Crippen LogP contribution in [0.5, 0.6) is 0 Å². The molecule has 1 aromatic heterocycles. The lowest BCUT2D eigenvalue weighted by atomic mass is 9.95. The van der Waals surface area contributed by atoms with Crippen LogP contribution in [0, 0.1) is 6.92 Å². The summed E-state index contributed by atoms with van der Waals surface area (Å²) in [6, 6.07) is 6.48. The van der Waals surface area contributed by atoms with Crippen LogP contribution < -0.4 is 16.2 Å². The van der Waals surface area contributed by atoms with Crippen molar-refractivity contribution in [3.05, 3.63) is 45.9 Å². The molecular weight excluding hydrogens is 342 g/mol. The van der Waals surface area contributed by atoms with Gasteiger partial charge in [0.15, 0.2) is 0 Å². The molecule has 2 N–H and O–H groups in total. The Morgan fingerprint density at radius 2 is 1.89 bits per heavy atom. The van der Waals surface area contributed by atoms with E-state index in [0.29, 0.717) is 12.5 Å². The first kappa shape index (κ1) is 17.8. The zero-order valence-corrected chi connectivity index (χ0v) is 15.8. The first-order valence-corrected chi connectivity index (χ1v) is 9.50. The fraction of sp³-hybridized carbons (Fsp3) is 0.429. The number of hydrogen-bond donors (Lipinski definition) is 2. The maximum absolute atomic E-state index is 12.0. The molecule has 0 radical (unpaired) electrons. The van der Waals surface area contributed by atoms with Gasteiger partial charge in [0.05, 0.1) is 11.4 Å². The number of benzene rings is 1. The van der Waals surface area contributed by atoms with E-state index in [0.717, 1.165) is 66.1 Å². The summed E-state index contributed by atoms with van der Waals surface area (Å²) in [7, 11) is 1.78. The van der Waals surface area contributed by atoms with Gasteiger partial charge in [-0.25, -0.2) is 0 Å². The van der Waals surface area contributed by atoms with E-state index in [1.165, 1.54) is 0 Å². The minimum Gasteiger partial charge on any atom is -0.381 e. The average molecular weight is 367 g/mol. The van der Waals surface area contributed by atoms with Gasteiger partial charge in [-0.3, -0.25) is 9.59 Å². The summed E-state index contributed by atoms with van der Waals surface area (Å²) in [5, 5.41) is 6.66. The Morgan fingerprint density at radius 1 is 1.11 bits per heavy atom. The van der Waals surface area contributed by atoms with Gasteiger partial charge in [0.25, 0.3) is 5.56 Å². The topological polar surface area (TPSA) is 72.4 Å². The largest absolute Gasteiger partial charge is 0.381 e. The third-order valence-corrected chi connectivity index (χ3v) is 5.38. The van der Waals surface area contributed by atoms with Crippen molar-refractivity contribution >= 4 is 17.3 Å². The summed E-state index contributed by atoms with van der Waals surface area (Å²) in [6.07, 6.45) is 5.00. The molecule has 1 aromatic carbocycles. The van der Waals surface area contributed by atoms with Crippen LogP contribution >= 0.6 is 0 Å². The molecule has 6 nitrogen and oxygen atoms in total. The number of anilines is 2. The van der Waals surface area contributed by atoms with Crippen molar-refractivity contribution < 1.29 is 9.53 Å². The molecule has 3 heterocycles. The van der Waals surface area contributed by atoms with Gasteiger partial charge in [-0.2, -0.15) is 0 Å². The third kappa shape index (κ3) is 3.62. The van der Waals surface area contributed by atoms with E-state index in [-0.39, 0.29) is 11.5 Å². The highest BCUT2D eigenvalue weighted by molar-refractivity contribution is 5.99. The van der Waals surface area contributed by atoms with Crippen LogP contribution in [0.2, 0.25) is 0 Å². The standard InChI is InChI=1S/C21H25N3O3/c1-13-9-16(12-24(2)21(13)26)15-10-14-3-4-19(25)23-20(14)18(11-15)22-17-5-7-27-8-6-17/h9-12,17,22H,3-8H2,1-2H3,(H,23,25). The second-order valence-electron chi connectivity index (χ2n) is 7.46. The van der Waals surface area contributed by atoms with Crippen molar-refractivity contribution in [3.8, 4) is 11.1 Å². The number of pyridine rings is 1. The highest BCUT2D eigenvalue weighted by atomic mass is 16.5. The minimum absolute atomic E-state index is 0.0181.